The second-order valence-corrected chi connectivity index (χ2v) is 10.5. The number of aromatic nitrogens is 2. The number of hydrogen-bond donors (Lipinski definition) is 1. The Morgan fingerprint density at radius 1 is 1.31 bits per heavy atom. The molecule has 1 aliphatic rings. The molecule has 154 valence electrons. The van der Waals surface area contributed by atoms with Gasteiger partial charge in [0, 0.05) is 56.1 Å². The molecule has 1 aliphatic heterocycles. The van der Waals surface area contributed by atoms with E-state index in [1.54, 1.807) is 0 Å². The number of aryl methyl sites for hydroxylation is 1. The molecule has 0 spiro atoms. The van der Waals surface area contributed by atoms with Crippen LogP contribution in [-0.4, -0.2) is 53.1 Å². The fraction of sp³-hybridized carbons (Fsp3) is 0.368. The smallest absolute Gasteiger partial charge is 0.281 e. The van der Waals surface area contributed by atoms with Crippen LogP contribution < -0.4 is 5.32 Å². The first-order valence-electron chi connectivity index (χ1n) is 9.24. The van der Waals surface area contributed by atoms with E-state index in [2.05, 4.69) is 10.3 Å². The van der Waals surface area contributed by atoms with Crippen LogP contribution in [-0.2, 0) is 41.4 Å². The number of fused-ring (bicyclic) bond motifs is 2. The van der Waals surface area contributed by atoms with Gasteiger partial charge in [0.25, 0.3) is 10.2 Å². The quantitative estimate of drug-likeness (QED) is 0.667. The van der Waals surface area contributed by atoms with Crippen LogP contribution in [0.5, 0.6) is 0 Å². The van der Waals surface area contributed by atoms with Crippen molar-refractivity contribution in [1.82, 2.24) is 18.2 Å². The molecule has 10 heteroatoms. The summed E-state index contributed by atoms with van der Waals surface area (Å²) in [6.45, 7) is 0.674. The third-order valence-electron chi connectivity index (χ3n) is 5.06. The minimum atomic E-state index is -3.46. The van der Waals surface area contributed by atoms with Gasteiger partial charge in [0.2, 0.25) is 5.91 Å². The molecule has 8 nitrogen and oxygen atoms in total. The fourth-order valence-corrected chi connectivity index (χ4v) is 5.75. The molecule has 0 aliphatic carbocycles. The molecule has 4 rings (SSSR count). The van der Waals surface area contributed by atoms with Crippen LogP contribution in [0.1, 0.15) is 16.1 Å². The standard InChI is InChI=1S/C19H23N5O3S2/c1-22(2)29(26,27)24-9-8-15-17(12-24)28-19(20-15)21-18(25)10-13-11-23(3)16-7-5-4-6-14(13)16/h4-7,11H,8-10,12H2,1-3H3,(H,20,21,25). The summed E-state index contributed by atoms with van der Waals surface area (Å²) in [5.41, 5.74) is 2.91. The first-order chi connectivity index (χ1) is 13.8. The average Bonchev–Trinajstić information content (AvgIpc) is 3.21. The fourth-order valence-electron chi connectivity index (χ4n) is 3.56. The van der Waals surface area contributed by atoms with Gasteiger partial charge in [-0.1, -0.05) is 18.2 Å². The average molecular weight is 434 g/mol. The molecule has 29 heavy (non-hydrogen) atoms. The van der Waals surface area contributed by atoms with Crippen LogP contribution in [0.15, 0.2) is 30.5 Å². The van der Waals surface area contributed by atoms with E-state index in [0.29, 0.717) is 18.1 Å². The topological polar surface area (TPSA) is 87.5 Å². The van der Waals surface area contributed by atoms with Gasteiger partial charge in [0.05, 0.1) is 18.7 Å². The number of thiazole rings is 1. The predicted molar refractivity (Wildman–Crippen MR) is 114 cm³/mol. The minimum Gasteiger partial charge on any atom is -0.350 e. The zero-order valence-electron chi connectivity index (χ0n) is 16.5. The molecule has 1 amide bonds. The molecule has 0 radical (unpaired) electrons. The summed E-state index contributed by atoms with van der Waals surface area (Å²) in [7, 11) is 1.55. The number of carbonyl (C=O) groups is 1. The molecule has 0 unspecified atom stereocenters. The van der Waals surface area contributed by atoms with Gasteiger partial charge < -0.3 is 9.88 Å². The largest absolute Gasteiger partial charge is 0.350 e. The summed E-state index contributed by atoms with van der Waals surface area (Å²) in [5.74, 6) is -0.134. The first-order valence-corrected chi connectivity index (χ1v) is 11.5. The lowest BCUT2D eigenvalue weighted by Crippen LogP contribution is -2.42. The molecule has 3 aromatic rings. The molecule has 0 saturated heterocycles. The van der Waals surface area contributed by atoms with Gasteiger partial charge >= 0.3 is 0 Å². The summed E-state index contributed by atoms with van der Waals surface area (Å²) in [5, 5.41) is 4.46. The molecular weight excluding hydrogens is 410 g/mol. The Balaban J connectivity index is 1.47. The number of benzene rings is 1. The molecule has 0 bridgehead atoms. The Morgan fingerprint density at radius 3 is 2.83 bits per heavy atom. The summed E-state index contributed by atoms with van der Waals surface area (Å²) in [6.07, 6.45) is 2.77. The lowest BCUT2D eigenvalue weighted by Gasteiger charge is -2.27. The highest BCUT2D eigenvalue weighted by atomic mass is 32.2. The molecule has 0 atom stereocenters. The van der Waals surface area contributed by atoms with Crippen LogP contribution in [0.25, 0.3) is 10.9 Å². The number of nitrogens with zero attached hydrogens (tertiary/aromatic N) is 4. The number of hydrogen-bond acceptors (Lipinski definition) is 5. The second kappa shape index (κ2) is 7.52. The summed E-state index contributed by atoms with van der Waals surface area (Å²) < 4.78 is 29.4. The number of para-hydroxylation sites is 1. The zero-order chi connectivity index (χ0) is 20.8. The van der Waals surface area contributed by atoms with Crippen LogP contribution >= 0.6 is 11.3 Å². The van der Waals surface area contributed by atoms with Crippen LogP contribution in [0.3, 0.4) is 0 Å². The van der Waals surface area contributed by atoms with Crippen molar-refractivity contribution in [2.45, 2.75) is 19.4 Å². The number of nitrogens with one attached hydrogen (secondary N) is 1. The zero-order valence-corrected chi connectivity index (χ0v) is 18.2. The predicted octanol–water partition coefficient (Wildman–Crippen LogP) is 1.98. The Bertz CT molecular complexity index is 1180. The van der Waals surface area contributed by atoms with Crippen molar-refractivity contribution >= 4 is 43.5 Å². The highest BCUT2D eigenvalue weighted by Crippen LogP contribution is 2.30. The van der Waals surface area contributed by atoms with E-state index in [1.807, 2.05) is 42.1 Å². The van der Waals surface area contributed by atoms with E-state index in [9.17, 15) is 13.2 Å². The SMILES string of the molecule is CN(C)S(=O)(=O)N1CCc2nc(NC(=O)Cc3cn(C)c4ccccc34)sc2C1. The number of carbonyl (C=O) groups excluding carboxylic acids is 1. The maximum Gasteiger partial charge on any atom is 0.281 e. The van der Waals surface area contributed by atoms with Gasteiger partial charge in [-0.05, 0) is 11.6 Å². The summed E-state index contributed by atoms with van der Waals surface area (Å²) >= 11 is 1.34. The van der Waals surface area contributed by atoms with Crippen molar-refractivity contribution in [2.24, 2.45) is 7.05 Å². The normalized spacial score (nSPS) is 15.0. The van der Waals surface area contributed by atoms with Gasteiger partial charge in [-0.3, -0.25) is 4.79 Å². The van der Waals surface area contributed by atoms with E-state index < -0.39 is 10.2 Å². The molecule has 1 N–H and O–H groups in total. The van der Waals surface area contributed by atoms with Crippen molar-refractivity contribution in [3.8, 4) is 0 Å². The molecule has 0 saturated carbocycles. The van der Waals surface area contributed by atoms with E-state index in [-0.39, 0.29) is 18.9 Å². The molecule has 1 aromatic carbocycles. The monoisotopic (exact) mass is 433 g/mol. The Labute approximate surface area is 173 Å². The van der Waals surface area contributed by atoms with Crippen LogP contribution in [0.4, 0.5) is 5.13 Å². The lowest BCUT2D eigenvalue weighted by atomic mass is 10.1. The summed E-state index contributed by atoms with van der Waals surface area (Å²) in [4.78, 5) is 18.0. The second-order valence-electron chi connectivity index (χ2n) is 7.27. The molecule has 2 aromatic heterocycles. The molecule has 3 heterocycles. The highest BCUT2D eigenvalue weighted by molar-refractivity contribution is 7.86. The third kappa shape index (κ3) is 3.80. The maximum atomic E-state index is 12.6. The third-order valence-corrected chi connectivity index (χ3v) is 7.95. The van der Waals surface area contributed by atoms with Gasteiger partial charge in [-0.2, -0.15) is 17.0 Å². The number of anilines is 1. The van der Waals surface area contributed by atoms with Crippen molar-refractivity contribution < 1.29 is 13.2 Å². The van der Waals surface area contributed by atoms with Crippen molar-refractivity contribution in [3.63, 3.8) is 0 Å². The van der Waals surface area contributed by atoms with Crippen molar-refractivity contribution in [2.75, 3.05) is 26.0 Å². The van der Waals surface area contributed by atoms with Gasteiger partial charge in [0.1, 0.15) is 0 Å². The highest BCUT2D eigenvalue weighted by Gasteiger charge is 2.30. The van der Waals surface area contributed by atoms with Crippen LogP contribution in [0, 0.1) is 0 Å². The Kier molecular flexibility index (Phi) is 5.19. The van der Waals surface area contributed by atoms with Gasteiger partial charge in [-0.25, -0.2) is 4.98 Å². The molecular formula is C19H23N5O3S2. The molecule has 0 fully saturated rings. The Hall–Kier alpha value is -2.27. The lowest BCUT2D eigenvalue weighted by molar-refractivity contribution is -0.115. The van der Waals surface area contributed by atoms with Gasteiger partial charge in [-0.15, -0.1) is 11.3 Å². The van der Waals surface area contributed by atoms with Crippen molar-refractivity contribution in [3.05, 3.63) is 46.6 Å². The number of rotatable bonds is 5. The van der Waals surface area contributed by atoms with E-state index in [0.717, 1.165) is 27.0 Å². The van der Waals surface area contributed by atoms with Gasteiger partial charge in [0.15, 0.2) is 5.13 Å². The maximum absolute atomic E-state index is 12.6. The van der Waals surface area contributed by atoms with E-state index >= 15 is 0 Å². The summed E-state index contributed by atoms with van der Waals surface area (Å²) in [6, 6.07) is 7.98. The first kappa shape index (κ1) is 20.0. The van der Waals surface area contributed by atoms with E-state index in [1.165, 1.54) is 34.0 Å². The van der Waals surface area contributed by atoms with Crippen molar-refractivity contribution in [1.29, 1.82) is 0 Å². The Morgan fingerprint density at radius 2 is 2.07 bits per heavy atom. The number of amides is 1. The minimum absolute atomic E-state index is 0.134. The van der Waals surface area contributed by atoms with E-state index in [4.69, 9.17) is 0 Å². The van der Waals surface area contributed by atoms with Crippen LogP contribution in [0.2, 0.25) is 0 Å².